The molecule has 27 heavy (non-hydrogen) atoms. The second kappa shape index (κ2) is 10.2. The SMILES string of the molecule is COCCN(CCC(=O)N(Cc1ccccc1)c1ccccc1)S(C)(=O)=O. The summed E-state index contributed by atoms with van der Waals surface area (Å²) in [6.45, 7) is 1.07. The van der Waals surface area contributed by atoms with Gasteiger partial charge in [-0.1, -0.05) is 48.5 Å². The van der Waals surface area contributed by atoms with Crippen LogP contribution < -0.4 is 4.90 Å². The lowest BCUT2D eigenvalue weighted by atomic mass is 10.2. The fourth-order valence-electron chi connectivity index (χ4n) is 2.69. The van der Waals surface area contributed by atoms with Crippen molar-refractivity contribution in [3.63, 3.8) is 0 Å². The summed E-state index contributed by atoms with van der Waals surface area (Å²) >= 11 is 0. The van der Waals surface area contributed by atoms with Gasteiger partial charge in [-0.05, 0) is 17.7 Å². The van der Waals surface area contributed by atoms with Crippen LogP contribution in [0.2, 0.25) is 0 Å². The molecule has 0 N–H and O–H groups in total. The first-order chi connectivity index (χ1) is 12.9. The smallest absolute Gasteiger partial charge is 0.228 e. The highest BCUT2D eigenvalue weighted by molar-refractivity contribution is 7.88. The topological polar surface area (TPSA) is 66.9 Å². The first-order valence-corrected chi connectivity index (χ1v) is 10.6. The highest BCUT2D eigenvalue weighted by Crippen LogP contribution is 2.18. The van der Waals surface area contributed by atoms with E-state index < -0.39 is 10.0 Å². The summed E-state index contributed by atoms with van der Waals surface area (Å²) in [5.74, 6) is -0.129. The minimum atomic E-state index is -3.40. The van der Waals surface area contributed by atoms with Crippen LogP contribution in [0.1, 0.15) is 12.0 Å². The third kappa shape index (κ3) is 6.78. The van der Waals surface area contributed by atoms with Crippen LogP contribution >= 0.6 is 0 Å². The van der Waals surface area contributed by atoms with E-state index in [1.807, 2.05) is 60.7 Å². The van der Waals surface area contributed by atoms with E-state index in [4.69, 9.17) is 4.74 Å². The summed E-state index contributed by atoms with van der Waals surface area (Å²) in [5, 5.41) is 0. The first-order valence-electron chi connectivity index (χ1n) is 8.75. The van der Waals surface area contributed by atoms with Gasteiger partial charge >= 0.3 is 0 Å². The molecular formula is C20H26N2O4S. The van der Waals surface area contributed by atoms with Crippen LogP contribution in [0.3, 0.4) is 0 Å². The van der Waals surface area contributed by atoms with E-state index in [1.54, 1.807) is 4.90 Å². The number of anilines is 1. The van der Waals surface area contributed by atoms with Crippen molar-refractivity contribution in [2.24, 2.45) is 0 Å². The predicted molar refractivity (Wildman–Crippen MR) is 107 cm³/mol. The average molecular weight is 391 g/mol. The summed E-state index contributed by atoms with van der Waals surface area (Å²) in [6, 6.07) is 19.1. The zero-order valence-corrected chi connectivity index (χ0v) is 16.6. The fourth-order valence-corrected chi connectivity index (χ4v) is 3.52. The Labute approximate surface area is 161 Å². The van der Waals surface area contributed by atoms with Crippen LogP contribution in [0.4, 0.5) is 5.69 Å². The molecular weight excluding hydrogens is 364 g/mol. The molecule has 0 saturated heterocycles. The Bertz CT molecular complexity index is 810. The Morgan fingerprint density at radius 3 is 2.11 bits per heavy atom. The molecule has 0 unspecified atom stereocenters. The number of methoxy groups -OCH3 is 1. The summed E-state index contributed by atoms with van der Waals surface area (Å²) in [6.07, 6.45) is 1.24. The second-order valence-corrected chi connectivity index (χ2v) is 8.19. The van der Waals surface area contributed by atoms with E-state index in [0.717, 1.165) is 17.5 Å². The number of benzene rings is 2. The molecule has 2 aromatic carbocycles. The third-order valence-electron chi connectivity index (χ3n) is 4.14. The quantitative estimate of drug-likeness (QED) is 0.625. The van der Waals surface area contributed by atoms with Crippen molar-refractivity contribution >= 4 is 21.6 Å². The lowest BCUT2D eigenvalue weighted by Gasteiger charge is -2.25. The Morgan fingerprint density at radius 1 is 0.963 bits per heavy atom. The lowest BCUT2D eigenvalue weighted by molar-refractivity contribution is -0.118. The number of hydrogen-bond donors (Lipinski definition) is 0. The van der Waals surface area contributed by atoms with Gasteiger partial charge in [0.1, 0.15) is 0 Å². The molecule has 7 heteroatoms. The molecule has 0 aliphatic carbocycles. The maximum atomic E-state index is 12.9. The van der Waals surface area contributed by atoms with E-state index in [0.29, 0.717) is 6.54 Å². The number of rotatable bonds is 10. The monoisotopic (exact) mass is 390 g/mol. The number of nitrogens with zero attached hydrogens (tertiary/aromatic N) is 2. The standard InChI is InChI=1S/C20H26N2O4S/c1-26-16-15-21(27(2,24)25)14-13-20(23)22(19-11-7-4-8-12-19)17-18-9-5-3-6-10-18/h3-12H,13-17H2,1-2H3. The van der Waals surface area contributed by atoms with Gasteiger partial charge in [0.2, 0.25) is 15.9 Å². The first kappa shape index (κ1) is 21.1. The molecule has 2 rings (SSSR count). The minimum absolute atomic E-state index is 0.0957. The van der Waals surface area contributed by atoms with Crippen molar-refractivity contribution < 1.29 is 17.9 Å². The Kier molecular flexibility index (Phi) is 7.97. The van der Waals surface area contributed by atoms with Gasteiger partial charge in [-0.3, -0.25) is 4.79 Å². The fraction of sp³-hybridized carbons (Fsp3) is 0.350. The van der Waals surface area contributed by atoms with E-state index in [9.17, 15) is 13.2 Å². The molecule has 146 valence electrons. The predicted octanol–water partition coefficient (Wildman–Crippen LogP) is 2.52. The highest BCUT2D eigenvalue weighted by atomic mass is 32.2. The maximum Gasteiger partial charge on any atom is 0.228 e. The van der Waals surface area contributed by atoms with Gasteiger partial charge < -0.3 is 9.64 Å². The van der Waals surface area contributed by atoms with E-state index in [-0.39, 0.29) is 32.0 Å². The maximum absolute atomic E-state index is 12.9. The molecule has 0 aromatic heterocycles. The van der Waals surface area contributed by atoms with Crippen LogP contribution in [0, 0.1) is 0 Å². The van der Waals surface area contributed by atoms with Crippen molar-refractivity contribution in [3.8, 4) is 0 Å². The van der Waals surface area contributed by atoms with Crippen LogP contribution in [0.25, 0.3) is 0 Å². The lowest BCUT2D eigenvalue weighted by Crippen LogP contribution is -2.38. The number of hydrogen-bond acceptors (Lipinski definition) is 4. The van der Waals surface area contributed by atoms with Gasteiger partial charge in [0.05, 0.1) is 19.4 Å². The Morgan fingerprint density at radius 2 is 1.56 bits per heavy atom. The number of para-hydroxylation sites is 1. The van der Waals surface area contributed by atoms with E-state index in [2.05, 4.69) is 0 Å². The molecule has 0 bridgehead atoms. The molecule has 6 nitrogen and oxygen atoms in total. The summed E-state index contributed by atoms with van der Waals surface area (Å²) in [7, 11) is -1.88. The average Bonchev–Trinajstić information content (AvgIpc) is 2.66. The van der Waals surface area contributed by atoms with E-state index in [1.165, 1.54) is 11.4 Å². The normalized spacial score (nSPS) is 11.5. The molecule has 0 radical (unpaired) electrons. The number of carbonyl (C=O) groups is 1. The van der Waals surface area contributed by atoms with Crippen LogP contribution in [0.5, 0.6) is 0 Å². The highest BCUT2D eigenvalue weighted by Gasteiger charge is 2.21. The van der Waals surface area contributed by atoms with Crippen molar-refractivity contribution in [2.45, 2.75) is 13.0 Å². The molecule has 0 heterocycles. The van der Waals surface area contributed by atoms with Crippen molar-refractivity contribution in [3.05, 3.63) is 66.2 Å². The van der Waals surface area contributed by atoms with Crippen molar-refractivity contribution in [2.75, 3.05) is 38.0 Å². The van der Waals surface area contributed by atoms with Crippen molar-refractivity contribution in [1.82, 2.24) is 4.31 Å². The Balaban J connectivity index is 2.13. The molecule has 0 atom stereocenters. The van der Waals surface area contributed by atoms with Gasteiger partial charge in [-0.25, -0.2) is 8.42 Å². The van der Waals surface area contributed by atoms with Gasteiger partial charge in [-0.2, -0.15) is 4.31 Å². The molecule has 0 spiro atoms. The number of sulfonamides is 1. The summed E-state index contributed by atoms with van der Waals surface area (Å²) in [4.78, 5) is 14.6. The second-order valence-electron chi connectivity index (χ2n) is 6.21. The van der Waals surface area contributed by atoms with Crippen LogP contribution in [-0.4, -0.2) is 51.7 Å². The molecule has 0 saturated carbocycles. The summed E-state index contributed by atoms with van der Waals surface area (Å²) in [5.41, 5.74) is 1.79. The van der Waals surface area contributed by atoms with Gasteiger partial charge in [-0.15, -0.1) is 0 Å². The molecule has 0 fully saturated rings. The number of amides is 1. The molecule has 0 aliphatic heterocycles. The Hall–Kier alpha value is -2.22. The van der Waals surface area contributed by atoms with Crippen LogP contribution in [-0.2, 0) is 26.1 Å². The zero-order valence-electron chi connectivity index (χ0n) is 15.7. The number of ether oxygens (including phenoxy) is 1. The molecule has 2 aromatic rings. The number of carbonyl (C=O) groups excluding carboxylic acids is 1. The molecule has 1 amide bonds. The minimum Gasteiger partial charge on any atom is -0.383 e. The van der Waals surface area contributed by atoms with Gasteiger partial charge in [0.15, 0.2) is 0 Å². The molecule has 0 aliphatic rings. The largest absolute Gasteiger partial charge is 0.383 e. The van der Waals surface area contributed by atoms with Gasteiger partial charge in [0, 0.05) is 32.3 Å². The van der Waals surface area contributed by atoms with Crippen LogP contribution in [0.15, 0.2) is 60.7 Å². The van der Waals surface area contributed by atoms with E-state index >= 15 is 0 Å². The summed E-state index contributed by atoms with van der Waals surface area (Å²) < 4.78 is 30.1. The third-order valence-corrected chi connectivity index (χ3v) is 5.44. The zero-order chi connectivity index (χ0) is 19.7. The van der Waals surface area contributed by atoms with Gasteiger partial charge in [0.25, 0.3) is 0 Å². The van der Waals surface area contributed by atoms with Crippen molar-refractivity contribution in [1.29, 1.82) is 0 Å².